The SMILES string of the molecule is COc1cccc2cc(C(=O)Nc3ccc(S(=O)(=O)NCC4CC4)cc3)oc12. The van der Waals surface area contributed by atoms with Crippen LogP contribution < -0.4 is 14.8 Å². The third-order valence-electron chi connectivity index (χ3n) is 4.63. The number of methoxy groups -OCH3 is 1. The van der Waals surface area contributed by atoms with Crippen molar-refractivity contribution in [2.75, 3.05) is 19.0 Å². The lowest BCUT2D eigenvalue weighted by Crippen LogP contribution is -2.25. The second-order valence-electron chi connectivity index (χ2n) is 6.76. The topological polar surface area (TPSA) is 97.6 Å². The van der Waals surface area contributed by atoms with E-state index in [1.165, 1.54) is 19.2 Å². The van der Waals surface area contributed by atoms with Crippen LogP contribution in [0.3, 0.4) is 0 Å². The fourth-order valence-electron chi connectivity index (χ4n) is 2.85. The van der Waals surface area contributed by atoms with Crippen LogP contribution >= 0.6 is 0 Å². The van der Waals surface area contributed by atoms with Gasteiger partial charge in [0.05, 0.1) is 12.0 Å². The number of hydrogen-bond donors (Lipinski definition) is 2. The van der Waals surface area contributed by atoms with E-state index < -0.39 is 15.9 Å². The highest BCUT2D eigenvalue weighted by atomic mass is 32.2. The molecule has 1 amide bonds. The van der Waals surface area contributed by atoms with E-state index in [1.807, 2.05) is 12.1 Å². The number of sulfonamides is 1. The fraction of sp³-hybridized carbons (Fsp3) is 0.250. The minimum atomic E-state index is -3.53. The first-order valence-corrected chi connectivity index (χ1v) is 10.4. The molecule has 0 spiro atoms. The Kier molecular flexibility index (Phi) is 4.82. The number of amides is 1. The molecule has 1 aromatic heterocycles. The Bertz CT molecular complexity index is 1120. The zero-order valence-corrected chi connectivity index (χ0v) is 16.1. The first-order valence-electron chi connectivity index (χ1n) is 8.94. The van der Waals surface area contributed by atoms with E-state index in [4.69, 9.17) is 9.15 Å². The normalized spacial score (nSPS) is 14.2. The molecule has 2 N–H and O–H groups in total. The molecular weight excluding hydrogens is 380 g/mol. The van der Waals surface area contributed by atoms with Crippen LogP contribution in [0.2, 0.25) is 0 Å². The Labute approximate surface area is 162 Å². The molecule has 8 heteroatoms. The molecule has 28 heavy (non-hydrogen) atoms. The van der Waals surface area contributed by atoms with Crippen LogP contribution in [-0.4, -0.2) is 28.0 Å². The monoisotopic (exact) mass is 400 g/mol. The molecule has 146 valence electrons. The number of rotatable bonds is 7. The maximum absolute atomic E-state index is 12.5. The van der Waals surface area contributed by atoms with Gasteiger partial charge in [-0.15, -0.1) is 0 Å². The van der Waals surface area contributed by atoms with Crippen molar-refractivity contribution in [2.45, 2.75) is 17.7 Å². The number of carbonyl (C=O) groups is 1. The Morgan fingerprint density at radius 2 is 1.93 bits per heavy atom. The summed E-state index contributed by atoms with van der Waals surface area (Å²) in [6, 6.07) is 13.1. The van der Waals surface area contributed by atoms with Gasteiger partial charge in [-0.3, -0.25) is 4.79 Å². The first kappa shape index (κ1) is 18.5. The van der Waals surface area contributed by atoms with Gasteiger partial charge in [0, 0.05) is 17.6 Å². The molecule has 0 saturated heterocycles. The number of carbonyl (C=O) groups excluding carboxylic acids is 1. The van der Waals surface area contributed by atoms with E-state index in [-0.39, 0.29) is 10.7 Å². The smallest absolute Gasteiger partial charge is 0.291 e. The summed E-state index contributed by atoms with van der Waals surface area (Å²) >= 11 is 0. The Morgan fingerprint density at radius 1 is 1.18 bits per heavy atom. The Morgan fingerprint density at radius 3 is 2.61 bits per heavy atom. The number of hydrogen-bond acceptors (Lipinski definition) is 5. The van der Waals surface area contributed by atoms with Crippen LogP contribution in [0.25, 0.3) is 11.0 Å². The van der Waals surface area contributed by atoms with Crippen molar-refractivity contribution in [2.24, 2.45) is 5.92 Å². The van der Waals surface area contributed by atoms with Crippen LogP contribution in [0.15, 0.2) is 57.8 Å². The van der Waals surface area contributed by atoms with Crippen molar-refractivity contribution in [3.63, 3.8) is 0 Å². The minimum Gasteiger partial charge on any atom is -0.493 e. The molecule has 1 heterocycles. The van der Waals surface area contributed by atoms with E-state index >= 15 is 0 Å². The van der Waals surface area contributed by atoms with E-state index in [1.54, 1.807) is 24.3 Å². The molecule has 0 atom stereocenters. The van der Waals surface area contributed by atoms with Gasteiger partial charge in [-0.25, -0.2) is 13.1 Å². The minimum absolute atomic E-state index is 0.141. The highest BCUT2D eigenvalue weighted by Gasteiger charge is 2.24. The van der Waals surface area contributed by atoms with Gasteiger partial charge in [0.15, 0.2) is 17.1 Å². The predicted octanol–water partition coefficient (Wildman–Crippen LogP) is 3.38. The summed E-state index contributed by atoms with van der Waals surface area (Å²) in [7, 11) is -2.00. The largest absolute Gasteiger partial charge is 0.493 e. The quantitative estimate of drug-likeness (QED) is 0.634. The van der Waals surface area contributed by atoms with Crippen molar-refractivity contribution < 1.29 is 22.4 Å². The molecule has 3 aromatic rings. The first-order chi connectivity index (χ1) is 13.5. The lowest BCUT2D eigenvalue weighted by atomic mass is 10.2. The number of nitrogens with one attached hydrogen (secondary N) is 2. The zero-order chi connectivity index (χ0) is 19.7. The van der Waals surface area contributed by atoms with Crippen LogP contribution in [0.4, 0.5) is 5.69 Å². The van der Waals surface area contributed by atoms with Gasteiger partial charge in [-0.2, -0.15) is 0 Å². The second kappa shape index (κ2) is 7.29. The highest BCUT2D eigenvalue weighted by molar-refractivity contribution is 7.89. The molecule has 4 rings (SSSR count). The van der Waals surface area contributed by atoms with Crippen molar-refractivity contribution >= 4 is 32.6 Å². The number of furan rings is 1. The predicted molar refractivity (Wildman–Crippen MR) is 105 cm³/mol. The van der Waals surface area contributed by atoms with E-state index in [9.17, 15) is 13.2 Å². The van der Waals surface area contributed by atoms with Gasteiger partial charge >= 0.3 is 0 Å². The molecular formula is C20H20N2O5S. The van der Waals surface area contributed by atoms with Crippen molar-refractivity contribution in [1.29, 1.82) is 0 Å². The summed E-state index contributed by atoms with van der Waals surface area (Å²) in [5.74, 6) is 0.712. The average molecular weight is 400 g/mol. The van der Waals surface area contributed by atoms with Crippen LogP contribution in [-0.2, 0) is 10.0 Å². The van der Waals surface area contributed by atoms with E-state index in [2.05, 4.69) is 10.0 Å². The molecule has 1 fully saturated rings. The molecule has 1 saturated carbocycles. The number of anilines is 1. The summed E-state index contributed by atoms with van der Waals surface area (Å²) in [5.41, 5.74) is 0.969. The summed E-state index contributed by atoms with van der Waals surface area (Å²) in [6.45, 7) is 0.469. The molecule has 0 radical (unpaired) electrons. The maximum Gasteiger partial charge on any atom is 0.291 e. The van der Waals surface area contributed by atoms with Gasteiger partial charge in [0.25, 0.3) is 5.91 Å². The lowest BCUT2D eigenvalue weighted by Gasteiger charge is -2.07. The zero-order valence-electron chi connectivity index (χ0n) is 15.3. The van der Waals surface area contributed by atoms with Gasteiger partial charge in [-0.05, 0) is 55.2 Å². The summed E-state index contributed by atoms with van der Waals surface area (Å²) in [5, 5.41) is 3.46. The average Bonchev–Trinajstić information content (AvgIpc) is 3.42. The molecule has 0 aliphatic heterocycles. The molecule has 0 bridgehead atoms. The molecule has 0 unspecified atom stereocenters. The maximum atomic E-state index is 12.5. The third kappa shape index (κ3) is 3.88. The number of para-hydroxylation sites is 1. The molecule has 1 aliphatic rings. The number of benzene rings is 2. The number of ether oxygens (including phenoxy) is 1. The summed E-state index contributed by atoms with van der Waals surface area (Å²) in [6.07, 6.45) is 2.14. The summed E-state index contributed by atoms with van der Waals surface area (Å²) in [4.78, 5) is 12.6. The number of fused-ring (bicyclic) bond motifs is 1. The Balaban J connectivity index is 1.47. The standard InChI is InChI=1S/C20H20N2O5S/c1-26-17-4-2-3-14-11-18(27-19(14)17)20(23)22-15-7-9-16(10-8-15)28(24,25)21-12-13-5-6-13/h2-4,7-11,13,21H,5-6,12H2,1H3,(H,22,23). The van der Waals surface area contributed by atoms with E-state index in [0.29, 0.717) is 29.5 Å². The lowest BCUT2D eigenvalue weighted by molar-refractivity contribution is 0.0998. The third-order valence-corrected chi connectivity index (χ3v) is 6.07. The molecule has 1 aliphatic carbocycles. The highest BCUT2D eigenvalue weighted by Crippen LogP contribution is 2.29. The molecule has 2 aromatic carbocycles. The van der Waals surface area contributed by atoms with Crippen LogP contribution in [0, 0.1) is 5.92 Å². The Hall–Kier alpha value is -2.84. The van der Waals surface area contributed by atoms with Crippen molar-refractivity contribution in [1.82, 2.24) is 4.72 Å². The van der Waals surface area contributed by atoms with Crippen molar-refractivity contribution in [3.8, 4) is 5.75 Å². The van der Waals surface area contributed by atoms with Crippen molar-refractivity contribution in [3.05, 3.63) is 54.3 Å². The van der Waals surface area contributed by atoms with Gasteiger partial charge in [0.2, 0.25) is 10.0 Å². The van der Waals surface area contributed by atoms with Gasteiger partial charge in [-0.1, -0.05) is 12.1 Å². The molecule has 7 nitrogen and oxygen atoms in total. The van der Waals surface area contributed by atoms with E-state index in [0.717, 1.165) is 18.2 Å². The fourth-order valence-corrected chi connectivity index (χ4v) is 3.97. The summed E-state index contributed by atoms with van der Waals surface area (Å²) < 4.78 is 38.0. The van der Waals surface area contributed by atoms with Crippen LogP contribution in [0.1, 0.15) is 23.4 Å². The second-order valence-corrected chi connectivity index (χ2v) is 8.53. The van der Waals surface area contributed by atoms with Crippen LogP contribution in [0.5, 0.6) is 5.75 Å². The van der Waals surface area contributed by atoms with Gasteiger partial charge < -0.3 is 14.5 Å². The van der Waals surface area contributed by atoms with Gasteiger partial charge in [0.1, 0.15) is 0 Å².